The number of carbonyl (C=O) groups is 1. The van der Waals surface area contributed by atoms with Gasteiger partial charge in [0.1, 0.15) is 5.56 Å². The molecular formula is C20H19ClN2O2. The molecule has 0 saturated heterocycles. The number of aromatic nitrogens is 1. The summed E-state index contributed by atoms with van der Waals surface area (Å²) in [5.74, 6) is -0.342. The van der Waals surface area contributed by atoms with Crippen LogP contribution in [0, 0.1) is 0 Å². The first kappa shape index (κ1) is 16.2. The van der Waals surface area contributed by atoms with Gasteiger partial charge in [0.15, 0.2) is 5.43 Å². The lowest BCUT2D eigenvalue weighted by molar-refractivity contribution is 0.0949. The van der Waals surface area contributed by atoms with E-state index in [1.807, 2.05) is 12.1 Å². The van der Waals surface area contributed by atoms with E-state index in [-0.39, 0.29) is 16.9 Å². The van der Waals surface area contributed by atoms with Crippen molar-refractivity contribution >= 4 is 23.1 Å². The molecule has 0 fully saturated rings. The van der Waals surface area contributed by atoms with Crippen molar-refractivity contribution in [2.75, 3.05) is 0 Å². The third-order valence-corrected chi connectivity index (χ3v) is 5.35. The first-order valence-corrected chi connectivity index (χ1v) is 9.00. The Morgan fingerprint density at radius 2 is 1.92 bits per heavy atom. The summed E-state index contributed by atoms with van der Waals surface area (Å²) < 4.78 is 0. The molecule has 5 heteroatoms. The highest BCUT2D eigenvalue weighted by atomic mass is 35.5. The second-order valence-electron chi connectivity index (χ2n) is 6.63. The van der Waals surface area contributed by atoms with Gasteiger partial charge in [0, 0.05) is 29.0 Å². The molecule has 0 spiro atoms. The van der Waals surface area contributed by atoms with Crippen molar-refractivity contribution in [1.29, 1.82) is 0 Å². The van der Waals surface area contributed by atoms with Gasteiger partial charge in [0.2, 0.25) is 0 Å². The molecule has 1 amide bonds. The maximum atomic E-state index is 12.8. The Labute approximate surface area is 150 Å². The molecule has 128 valence electrons. The highest BCUT2D eigenvalue weighted by molar-refractivity contribution is 6.30. The lowest BCUT2D eigenvalue weighted by Crippen LogP contribution is -2.31. The number of carbonyl (C=O) groups excluding carboxylic acids is 1. The van der Waals surface area contributed by atoms with Gasteiger partial charge in [-0.05, 0) is 55.4 Å². The number of allylic oxidation sites excluding steroid dienone is 2. The summed E-state index contributed by atoms with van der Waals surface area (Å²) in [5.41, 5.74) is 5.48. The second-order valence-corrected chi connectivity index (χ2v) is 7.07. The first-order valence-electron chi connectivity index (χ1n) is 8.62. The molecule has 1 heterocycles. The molecule has 1 aromatic heterocycles. The van der Waals surface area contributed by atoms with Crippen LogP contribution in [-0.2, 0) is 13.0 Å². The van der Waals surface area contributed by atoms with Crippen molar-refractivity contribution < 1.29 is 4.79 Å². The van der Waals surface area contributed by atoms with Crippen LogP contribution in [0.15, 0.2) is 40.8 Å². The molecule has 25 heavy (non-hydrogen) atoms. The van der Waals surface area contributed by atoms with Gasteiger partial charge in [0.25, 0.3) is 5.91 Å². The van der Waals surface area contributed by atoms with Gasteiger partial charge in [0.05, 0.1) is 0 Å². The van der Waals surface area contributed by atoms with Crippen LogP contribution >= 0.6 is 11.6 Å². The molecule has 2 aliphatic carbocycles. The zero-order valence-corrected chi connectivity index (χ0v) is 14.6. The minimum absolute atomic E-state index is 0.138. The minimum atomic E-state index is -0.342. The fraction of sp³-hybridized carbons (Fsp3) is 0.300. The number of aromatic amines is 1. The predicted molar refractivity (Wildman–Crippen MR) is 98.8 cm³/mol. The Balaban J connectivity index is 1.56. The first-order chi connectivity index (χ1) is 12.1. The second kappa shape index (κ2) is 6.52. The third-order valence-electron chi connectivity index (χ3n) is 5.10. The number of hydrogen-bond acceptors (Lipinski definition) is 2. The molecule has 0 bridgehead atoms. The molecule has 2 aromatic rings. The number of fused-ring (bicyclic) bond motifs is 2. The summed E-state index contributed by atoms with van der Waals surface area (Å²) >= 11 is 5.86. The van der Waals surface area contributed by atoms with Crippen LogP contribution in [0.25, 0.3) is 5.57 Å². The van der Waals surface area contributed by atoms with Crippen LogP contribution in [0.3, 0.4) is 0 Å². The quantitative estimate of drug-likeness (QED) is 0.879. The van der Waals surface area contributed by atoms with E-state index in [2.05, 4.69) is 10.3 Å². The Kier molecular flexibility index (Phi) is 4.22. The Morgan fingerprint density at radius 1 is 1.12 bits per heavy atom. The number of nitrogens with one attached hydrogen (secondary N) is 2. The SMILES string of the molecule is O=C(NCc1ccc(Cl)cc1)c1c[nH]c2c(c1=O)CCC1=C2CCC1. The summed E-state index contributed by atoms with van der Waals surface area (Å²) in [6, 6.07) is 7.27. The average Bonchev–Trinajstić information content (AvgIpc) is 3.10. The smallest absolute Gasteiger partial charge is 0.257 e. The normalized spacial score (nSPS) is 15.7. The largest absolute Gasteiger partial charge is 0.360 e. The summed E-state index contributed by atoms with van der Waals surface area (Å²) in [5, 5.41) is 3.47. The van der Waals surface area contributed by atoms with E-state index >= 15 is 0 Å². The zero-order valence-electron chi connectivity index (χ0n) is 13.8. The van der Waals surface area contributed by atoms with Gasteiger partial charge in [-0.1, -0.05) is 29.3 Å². The maximum Gasteiger partial charge on any atom is 0.257 e. The van der Waals surface area contributed by atoms with E-state index in [1.165, 1.54) is 11.1 Å². The van der Waals surface area contributed by atoms with E-state index < -0.39 is 0 Å². The molecule has 1 aromatic carbocycles. The van der Waals surface area contributed by atoms with Crippen LogP contribution in [0.5, 0.6) is 0 Å². The topological polar surface area (TPSA) is 62.0 Å². The van der Waals surface area contributed by atoms with Crippen LogP contribution in [0.4, 0.5) is 0 Å². The zero-order chi connectivity index (χ0) is 17.4. The van der Waals surface area contributed by atoms with Crippen molar-refractivity contribution in [2.24, 2.45) is 0 Å². The van der Waals surface area contributed by atoms with E-state index in [0.29, 0.717) is 11.6 Å². The number of hydrogen-bond donors (Lipinski definition) is 2. The van der Waals surface area contributed by atoms with Crippen molar-refractivity contribution in [3.05, 3.63) is 73.7 Å². The lowest BCUT2D eigenvalue weighted by Gasteiger charge is -2.18. The third kappa shape index (κ3) is 3.02. The molecule has 2 aliphatic rings. The van der Waals surface area contributed by atoms with Gasteiger partial charge in [-0.25, -0.2) is 0 Å². The molecule has 2 N–H and O–H groups in total. The number of pyridine rings is 1. The fourth-order valence-electron chi connectivity index (χ4n) is 3.79. The highest BCUT2D eigenvalue weighted by Crippen LogP contribution is 2.39. The molecule has 0 aliphatic heterocycles. The van der Waals surface area contributed by atoms with E-state index in [4.69, 9.17) is 11.6 Å². The summed E-state index contributed by atoms with van der Waals surface area (Å²) in [4.78, 5) is 28.4. The fourth-order valence-corrected chi connectivity index (χ4v) is 3.92. The number of halogens is 1. The van der Waals surface area contributed by atoms with Gasteiger partial charge < -0.3 is 10.3 Å². The average molecular weight is 355 g/mol. The summed E-state index contributed by atoms with van der Waals surface area (Å²) in [7, 11) is 0. The van der Waals surface area contributed by atoms with E-state index in [0.717, 1.165) is 48.9 Å². The molecule has 0 atom stereocenters. The number of benzene rings is 1. The standard InChI is InChI=1S/C20H19ClN2O2/c21-14-7-4-12(5-8-14)10-23-20(25)17-11-22-18-15-3-1-2-13(15)6-9-16(18)19(17)24/h4-5,7-8,11H,1-3,6,9-10H2,(H,22,24)(H,23,25). The lowest BCUT2D eigenvalue weighted by atomic mass is 9.89. The molecule has 0 radical (unpaired) electrons. The Bertz CT molecular complexity index is 926. The maximum absolute atomic E-state index is 12.8. The van der Waals surface area contributed by atoms with Crippen LogP contribution < -0.4 is 10.7 Å². The van der Waals surface area contributed by atoms with E-state index in [9.17, 15) is 9.59 Å². The van der Waals surface area contributed by atoms with Gasteiger partial charge >= 0.3 is 0 Å². The van der Waals surface area contributed by atoms with Gasteiger partial charge in [-0.15, -0.1) is 0 Å². The van der Waals surface area contributed by atoms with Crippen LogP contribution in [0.2, 0.25) is 5.02 Å². The molecular weight excluding hydrogens is 336 g/mol. The molecule has 0 unspecified atom stereocenters. The number of rotatable bonds is 3. The Morgan fingerprint density at radius 3 is 2.72 bits per heavy atom. The predicted octanol–water partition coefficient (Wildman–Crippen LogP) is 3.84. The van der Waals surface area contributed by atoms with Crippen molar-refractivity contribution in [3.63, 3.8) is 0 Å². The summed E-state index contributed by atoms with van der Waals surface area (Å²) in [6.07, 6.45) is 6.56. The van der Waals surface area contributed by atoms with E-state index in [1.54, 1.807) is 18.3 Å². The van der Waals surface area contributed by atoms with Crippen molar-refractivity contribution in [3.8, 4) is 0 Å². The Hall–Kier alpha value is -2.33. The number of amides is 1. The van der Waals surface area contributed by atoms with Crippen LogP contribution in [0.1, 0.15) is 52.9 Å². The van der Waals surface area contributed by atoms with Crippen LogP contribution in [-0.4, -0.2) is 10.9 Å². The molecule has 4 rings (SSSR count). The molecule has 0 saturated carbocycles. The molecule has 4 nitrogen and oxygen atoms in total. The van der Waals surface area contributed by atoms with Gasteiger partial charge in [-0.3, -0.25) is 9.59 Å². The summed E-state index contributed by atoms with van der Waals surface area (Å²) in [6.45, 7) is 0.363. The van der Waals surface area contributed by atoms with Crippen molar-refractivity contribution in [2.45, 2.75) is 38.6 Å². The monoisotopic (exact) mass is 354 g/mol. The van der Waals surface area contributed by atoms with Gasteiger partial charge in [-0.2, -0.15) is 0 Å². The highest BCUT2D eigenvalue weighted by Gasteiger charge is 2.26. The number of H-pyrrole nitrogens is 1. The minimum Gasteiger partial charge on any atom is -0.360 e. The van der Waals surface area contributed by atoms with Crippen molar-refractivity contribution in [1.82, 2.24) is 10.3 Å².